The molecule has 0 aliphatic carbocycles. The number of hydrogen-bond donors (Lipinski definition) is 1. The maximum absolute atomic E-state index is 12.9. The molecular formula is C24H28N4O4S. The lowest BCUT2D eigenvalue weighted by Crippen LogP contribution is -2.46. The minimum Gasteiger partial charge on any atom is -0.497 e. The van der Waals surface area contributed by atoms with Gasteiger partial charge in [-0.2, -0.15) is 0 Å². The number of piperidine rings is 1. The Labute approximate surface area is 198 Å². The van der Waals surface area contributed by atoms with E-state index >= 15 is 0 Å². The first-order valence-corrected chi connectivity index (χ1v) is 11.9. The van der Waals surface area contributed by atoms with Gasteiger partial charge in [0.05, 0.1) is 32.7 Å². The predicted octanol–water partition coefficient (Wildman–Crippen LogP) is 4.30. The topological polar surface area (TPSA) is 84.8 Å². The standard InChI is InChI=1S/C24H28N4O4S/c1-30-17-7-5-16(6-8-17)21-22(33-4)27-24(26-21)11-13-28(14-12-24)23(29)25-19-10-9-18(31-2)15-20(19)32-3/h5-10,15H,11-14H2,1-4H3,(H,25,29). The van der Waals surface area contributed by atoms with Crippen molar-refractivity contribution in [3.05, 3.63) is 48.0 Å². The lowest BCUT2D eigenvalue weighted by Gasteiger charge is -2.35. The highest BCUT2D eigenvalue weighted by Crippen LogP contribution is 2.36. The molecule has 0 aromatic heterocycles. The lowest BCUT2D eigenvalue weighted by molar-refractivity contribution is 0.175. The van der Waals surface area contributed by atoms with E-state index in [1.165, 1.54) is 0 Å². The summed E-state index contributed by atoms with van der Waals surface area (Å²) in [7, 11) is 4.81. The maximum Gasteiger partial charge on any atom is 0.321 e. The number of methoxy groups -OCH3 is 3. The Balaban J connectivity index is 1.45. The Bertz CT molecular complexity index is 1080. The molecule has 2 aromatic carbocycles. The number of amides is 2. The van der Waals surface area contributed by atoms with Gasteiger partial charge in [-0.1, -0.05) is 0 Å². The van der Waals surface area contributed by atoms with Gasteiger partial charge in [0.15, 0.2) is 5.66 Å². The monoisotopic (exact) mass is 468 g/mol. The largest absolute Gasteiger partial charge is 0.497 e. The third-order valence-electron chi connectivity index (χ3n) is 5.89. The molecule has 2 amide bonds. The number of nitrogens with zero attached hydrogens (tertiary/aromatic N) is 3. The van der Waals surface area contributed by atoms with E-state index < -0.39 is 5.66 Å². The van der Waals surface area contributed by atoms with Crippen LogP contribution in [0, 0.1) is 0 Å². The quantitative estimate of drug-likeness (QED) is 0.707. The number of anilines is 1. The summed E-state index contributed by atoms with van der Waals surface area (Å²) in [5.74, 6) is 2.02. The zero-order valence-electron chi connectivity index (χ0n) is 19.3. The van der Waals surface area contributed by atoms with Crippen LogP contribution in [0.3, 0.4) is 0 Å². The van der Waals surface area contributed by atoms with Gasteiger partial charge in [-0.05, 0) is 42.7 Å². The van der Waals surface area contributed by atoms with Crippen LogP contribution in [0.1, 0.15) is 18.4 Å². The van der Waals surface area contributed by atoms with Gasteiger partial charge in [0.25, 0.3) is 0 Å². The molecule has 1 fully saturated rings. The molecule has 2 aliphatic rings. The van der Waals surface area contributed by atoms with Crippen molar-refractivity contribution >= 4 is 34.2 Å². The molecule has 0 saturated carbocycles. The summed E-state index contributed by atoms with van der Waals surface area (Å²) in [5.41, 5.74) is 2.02. The van der Waals surface area contributed by atoms with Crippen molar-refractivity contribution < 1.29 is 19.0 Å². The molecule has 8 nitrogen and oxygen atoms in total. The van der Waals surface area contributed by atoms with Crippen molar-refractivity contribution in [1.82, 2.24) is 4.90 Å². The van der Waals surface area contributed by atoms with Crippen molar-refractivity contribution in [1.29, 1.82) is 0 Å². The molecule has 2 heterocycles. The zero-order valence-corrected chi connectivity index (χ0v) is 20.1. The highest BCUT2D eigenvalue weighted by molar-refractivity contribution is 8.15. The highest BCUT2D eigenvalue weighted by atomic mass is 32.2. The Kier molecular flexibility index (Phi) is 6.78. The number of likely N-dealkylation sites (tertiary alicyclic amines) is 1. The molecule has 33 heavy (non-hydrogen) atoms. The van der Waals surface area contributed by atoms with E-state index in [9.17, 15) is 4.79 Å². The van der Waals surface area contributed by atoms with Crippen LogP contribution in [0.25, 0.3) is 0 Å². The molecule has 0 unspecified atom stereocenters. The van der Waals surface area contributed by atoms with Crippen LogP contribution >= 0.6 is 11.8 Å². The van der Waals surface area contributed by atoms with Crippen molar-refractivity contribution in [2.75, 3.05) is 46.0 Å². The summed E-state index contributed by atoms with van der Waals surface area (Å²) >= 11 is 1.60. The number of carbonyl (C=O) groups excluding carboxylic acids is 1. The van der Waals surface area contributed by atoms with Gasteiger partial charge < -0.3 is 24.4 Å². The van der Waals surface area contributed by atoms with E-state index in [1.807, 2.05) is 30.5 Å². The second kappa shape index (κ2) is 9.74. The normalized spacial score (nSPS) is 16.8. The average Bonchev–Trinajstić information content (AvgIpc) is 3.22. The number of ether oxygens (including phenoxy) is 3. The van der Waals surface area contributed by atoms with Gasteiger partial charge in [-0.15, -0.1) is 11.8 Å². The van der Waals surface area contributed by atoms with Gasteiger partial charge >= 0.3 is 6.03 Å². The number of aliphatic imine (C=N–C) groups is 2. The average molecular weight is 469 g/mol. The molecule has 1 saturated heterocycles. The van der Waals surface area contributed by atoms with Gasteiger partial charge in [-0.3, -0.25) is 4.99 Å². The number of hydrogen-bond acceptors (Lipinski definition) is 7. The van der Waals surface area contributed by atoms with Crippen LogP contribution in [0.5, 0.6) is 17.2 Å². The van der Waals surface area contributed by atoms with E-state index in [4.69, 9.17) is 24.2 Å². The fourth-order valence-electron chi connectivity index (χ4n) is 3.99. The maximum atomic E-state index is 12.9. The first kappa shape index (κ1) is 23.0. The number of urea groups is 1. The van der Waals surface area contributed by atoms with Gasteiger partial charge in [-0.25, -0.2) is 9.79 Å². The molecule has 4 rings (SSSR count). The van der Waals surface area contributed by atoms with E-state index in [-0.39, 0.29) is 6.03 Å². The fourth-order valence-corrected chi connectivity index (χ4v) is 4.61. The summed E-state index contributed by atoms with van der Waals surface area (Å²) in [6.45, 7) is 1.13. The zero-order chi connectivity index (χ0) is 23.4. The van der Waals surface area contributed by atoms with Crippen LogP contribution in [0.15, 0.2) is 52.4 Å². The third kappa shape index (κ3) is 4.78. The van der Waals surface area contributed by atoms with Gasteiger partial charge in [0.2, 0.25) is 0 Å². The fraction of sp³-hybridized carbons (Fsp3) is 0.375. The van der Waals surface area contributed by atoms with Crippen LogP contribution in [0.4, 0.5) is 10.5 Å². The molecule has 9 heteroatoms. The van der Waals surface area contributed by atoms with E-state index in [0.717, 1.165) is 22.1 Å². The van der Waals surface area contributed by atoms with Crippen LogP contribution in [-0.4, -0.2) is 68.0 Å². The van der Waals surface area contributed by atoms with E-state index in [2.05, 4.69) is 5.32 Å². The van der Waals surface area contributed by atoms with Crippen molar-refractivity contribution in [3.8, 4) is 17.2 Å². The van der Waals surface area contributed by atoms with E-state index in [1.54, 1.807) is 56.2 Å². The van der Waals surface area contributed by atoms with Gasteiger partial charge in [0, 0.05) is 37.6 Å². The number of carbonyl (C=O) groups is 1. The molecular weight excluding hydrogens is 440 g/mol. The number of rotatable bonds is 5. The summed E-state index contributed by atoms with van der Waals surface area (Å²) in [6, 6.07) is 13.0. The molecule has 0 atom stereocenters. The number of benzene rings is 2. The second-order valence-corrected chi connectivity index (χ2v) is 8.57. The SMILES string of the molecule is COc1ccc(C2=NC3(CCN(C(=O)Nc4ccc(OC)cc4OC)CC3)N=C2SC)cc1. The molecule has 2 aliphatic heterocycles. The Morgan fingerprint density at radius 2 is 1.64 bits per heavy atom. The Morgan fingerprint density at radius 1 is 0.970 bits per heavy atom. The van der Waals surface area contributed by atoms with Gasteiger partial charge in [0.1, 0.15) is 22.3 Å². The Hall–Kier alpha value is -3.20. The van der Waals surface area contributed by atoms with Crippen LogP contribution in [0.2, 0.25) is 0 Å². The molecule has 1 spiro atoms. The van der Waals surface area contributed by atoms with Crippen LogP contribution in [-0.2, 0) is 0 Å². The summed E-state index contributed by atoms with van der Waals surface area (Å²) < 4.78 is 15.9. The molecule has 174 valence electrons. The van der Waals surface area contributed by atoms with E-state index in [0.29, 0.717) is 43.1 Å². The molecule has 1 N–H and O–H groups in total. The highest BCUT2D eigenvalue weighted by Gasteiger charge is 2.40. The summed E-state index contributed by atoms with van der Waals surface area (Å²) in [4.78, 5) is 24.7. The first-order chi connectivity index (χ1) is 16.0. The number of nitrogens with one attached hydrogen (secondary N) is 1. The molecule has 0 bridgehead atoms. The second-order valence-electron chi connectivity index (χ2n) is 7.78. The smallest absolute Gasteiger partial charge is 0.321 e. The lowest BCUT2D eigenvalue weighted by atomic mass is 9.98. The van der Waals surface area contributed by atoms with Crippen LogP contribution < -0.4 is 19.5 Å². The predicted molar refractivity (Wildman–Crippen MR) is 133 cm³/mol. The summed E-state index contributed by atoms with van der Waals surface area (Å²) in [6.07, 6.45) is 3.36. The Morgan fingerprint density at radius 3 is 2.24 bits per heavy atom. The number of thioether (sulfide) groups is 1. The minimum absolute atomic E-state index is 0.167. The first-order valence-electron chi connectivity index (χ1n) is 10.7. The van der Waals surface area contributed by atoms with Crippen molar-refractivity contribution in [3.63, 3.8) is 0 Å². The van der Waals surface area contributed by atoms with Crippen molar-refractivity contribution in [2.45, 2.75) is 18.5 Å². The minimum atomic E-state index is -0.512. The third-order valence-corrected chi connectivity index (χ3v) is 6.56. The molecule has 0 radical (unpaired) electrons. The molecule has 2 aromatic rings. The van der Waals surface area contributed by atoms with Crippen molar-refractivity contribution in [2.24, 2.45) is 9.98 Å². The summed E-state index contributed by atoms with van der Waals surface area (Å²) in [5, 5.41) is 3.88.